The Labute approximate surface area is 235 Å². The van der Waals surface area contributed by atoms with Gasteiger partial charge in [-0.15, -0.1) is 0 Å². The zero-order chi connectivity index (χ0) is 27.9. The molecule has 0 atom stereocenters. The summed E-state index contributed by atoms with van der Waals surface area (Å²) < 4.78 is 11.4. The molecule has 2 aliphatic heterocycles. The van der Waals surface area contributed by atoms with Crippen molar-refractivity contribution in [3.05, 3.63) is 107 Å². The van der Waals surface area contributed by atoms with Gasteiger partial charge >= 0.3 is 0 Å². The van der Waals surface area contributed by atoms with E-state index in [1.165, 1.54) is 5.69 Å². The third-order valence-corrected chi connectivity index (χ3v) is 7.26. The molecule has 1 saturated heterocycles. The van der Waals surface area contributed by atoms with Gasteiger partial charge < -0.3 is 25.0 Å². The summed E-state index contributed by atoms with van der Waals surface area (Å²) in [6.07, 6.45) is 1.57. The van der Waals surface area contributed by atoms with E-state index in [4.69, 9.17) is 25.6 Å². The molecule has 5 N–H and O–H groups in total. The normalized spacial score (nSPS) is 16.8. The number of hydrogen-bond acceptors (Lipinski definition) is 7. The number of ether oxygens (including phenoxy) is 2. The summed E-state index contributed by atoms with van der Waals surface area (Å²) in [5.74, 6) is 1.78. The smallest absolute Gasteiger partial charge is 0.240 e. The van der Waals surface area contributed by atoms with Gasteiger partial charge in [0.05, 0.1) is 23.5 Å². The van der Waals surface area contributed by atoms with E-state index in [-0.39, 0.29) is 6.61 Å². The van der Waals surface area contributed by atoms with Gasteiger partial charge in [0.2, 0.25) is 11.7 Å². The summed E-state index contributed by atoms with van der Waals surface area (Å²) in [4.78, 5) is 9.67. The highest BCUT2D eigenvalue weighted by molar-refractivity contribution is 6.28. The molecule has 0 aromatic heterocycles. The molecule has 5 rings (SSSR count). The molecule has 0 unspecified atom stereocenters. The van der Waals surface area contributed by atoms with Crippen LogP contribution in [0.1, 0.15) is 16.7 Å². The Morgan fingerprint density at radius 2 is 1.65 bits per heavy atom. The zero-order valence-electron chi connectivity index (χ0n) is 23.1. The first-order chi connectivity index (χ1) is 19.6. The monoisotopic (exact) mass is 537 g/mol. The SMILES string of the molecule is COCC1=C(c2ccc(OCc3ccccc3)cc2)C(=N)[NH2+]C(C(=CN)c2ccc(N3CCN(C)CC3)cc2)=N1. The predicted molar refractivity (Wildman–Crippen MR) is 161 cm³/mol. The largest absolute Gasteiger partial charge is 0.489 e. The Kier molecular flexibility index (Phi) is 8.71. The fourth-order valence-electron chi connectivity index (χ4n) is 5.00. The fraction of sp³-hybridized carbons (Fsp3) is 0.250. The molecular formula is C32H37N6O2+. The molecule has 1 fully saturated rings. The van der Waals surface area contributed by atoms with Crippen LogP contribution in [0.5, 0.6) is 5.75 Å². The first-order valence-corrected chi connectivity index (χ1v) is 13.5. The van der Waals surface area contributed by atoms with E-state index < -0.39 is 0 Å². The molecule has 0 aliphatic carbocycles. The lowest BCUT2D eigenvalue weighted by Crippen LogP contribution is -2.92. The number of amidine groups is 2. The van der Waals surface area contributed by atoms with Crippen LogP contribution in [-0.2, 0) is 11.3 Å². The number of hydrogen-bond donors (Lipinski definition) is 3. The average molecular weight is 538 g/mol. The van der Waals surface area contributed by atoms with Gasteiger partial charge in [0.15, 0.2) is 0 Å². The molecule has 40 heavy (non-hydrogen) atoms. The van der Waals surface area contributed by atoms with Gasteiger partial charge in [-0.05, 0) is 48.0 Å². The number of nitrogens with one attached hydrogen (secondary N) is 1. The van der Waals surface area contributed by atoms with Crippen molar-refractivity contribution in [2.45, 2.75) is 6.61 Å². The lowest BCUT2D eigenvalue weighted by atomic mass is 9.98. The minimum absolute atomic E-state index is 0.279. The van der Waals surface area contributed by atoms with Crippen LogP contribution < -0.4 is 20.7 Å². The van der Waals surface area contributed by atoms with E-state index in [1.807, 2.05) is 54.6 Å². The van der Waals surface area contributed by atoms with Gasteiger partial charge in [0.25, 0.3) is 0 Å². The highest BCUT2D eigenvalue weighted by Gasteiger charge is 2.28. The number of likely N-dealkylation sites (N-methyl/N-ethyl adjacent to an activating group) is 1. The van der Waals surface area contributed by atoms with Crippen molar-refractivity contribution in [2.75, 3.05) is 51.8 Å². The Balaban J connectivity index is 1.36. The molecule has 0 bridgehead atoms. The number of nitrogens with two attached hydrogens (primary N) is 2. The molecule has 0 spiro atoms. The molecule has 0 amide bonds. The molecule has 2 heterocycles. The fourth-order valence-corrected chi connectivity index (χ4v) is 5.00. The van der Waals surface area contributed by atoms with Gasteiger partial charge in [-0.1, -0.05) is 54.6 Å². The Morgan fingerprint density at radius 3 is 2.30 bits per heavy atom. The van der Waals surface area contributed by atoms with Crippen LogP contribution in [0.3, 0.4) is 0 Å². The van der Waals surface area contributed by atoms with E-state index in [9.17, 15) is 0 Å². The van der Waals surface area contributed by atoms with Crippen molar-refractivity contribution >= 4 is 28.5 Å². The Morgan fingerprint density at radius 1 is 0.950 bits per heavy atom. The lowest BCUT2D eigenvalue weighted by molar-refractivity contribution is -0.404. The number of piperazine rings is 1. The van der Waals surface area contributed by atoms with Crippen LogP contribution in [0.4, 0.5) is 5.69 Å². The molecule has 0 saturated carbocycles. The second-order valence-corrected chi connectivity index (χ2v) is 10.0. The first kappa shape index (κ1) is 27.3. The third kappa shape index (κ3) is 6.31. The molecule has 3 aromatic carbocycles. The standard InChI is InChI=1S/C32H36N6O2/c1-37-16-18-38(19-17-37)26-12-8-24(9-13-26)28(20-33)32-35-29(22-39-2)30(31(34)36-32)25-10-14-27(15-11-25)40-21-23-6-4-3-5-7-23/h3-15,20H,16-19,21-22,33H2,1-2H3,(H2,34,35,36)/p+1. The molecule has 3 aromatic rings. The molecule has 8 heteroatoms. The minimum atomic E-state index is 0.279. The number of aliphatic imine (C=N–C) groups is 1. The summed E-state index contributed by atoms with van der Waals surface area (Å²) in [5, 5.41) is 10.7. The maximum absolute atomic E-state index is 8.93. The number of benzene rings is 3. The third-order valence-electron chi connectivity index (χ3n) is 7.26. The van der Waals surface area contributed by atoms with Crippen molar-refractivity contribution in [3.63, 3.8) is 0 Å². The second-order valence-electron chi connectivity index (χ2n) is 10.0. The maximum atomic E-state index is 8.93. The van der Waals surface area contributed by atoms with Crippen molar-refractivity contribution in [1.29, 1.82) is 5.41 Å². The molecule has 8 nitrogen and oxygen atoms in total. The van der Waals surface area contributed by atoms with E-state index >= 15 is 0 Å². The maximum Gasteiger partial charge on any atom is 0.240 e. The van der Waals surface area contributed by atoms with Crippen molar-refractivity contribution in [3.8, 4) is 5.75 Å². The highest BCUT2D eigenvalue weighted by atomic mass is 16.5. The lowest BCUT2D eigenvalue weighted by Gasteiger charge is -2.34. The van der Waals surface area contributed by atoms with Gasteiger partial charge in [-0.2, -0.15) is 4.99 Å². The van der Waals surface area contributed by atoms with Crippen molar-refractivity contribution in [2.24, 2.45) is 10.7 Å². The number of nitrogens with zero attached hydrogens (tertiary/aromatic N) is 3. The average Bonchev–Trinajstić information content (AvgIpc) is 2.98. The molecule has 0 radical (unpaired) electrons. The second kappa shape index (κ2) is 12.7. The molecule has 2 aliphatic rings. The number of anilines is 1. The summed E-state index contributed by atoms with van der Waals surface area (Å²) in [5.41, 5.74) is 12.5. The summed E-state index contributed by atoms with van der Waals surface area (Å²) in [6.45, 7) is 4.93. The quantitative estimate of drug-likeness (QED) is 0.389. The van der Waals surface area contributed by atoms with Crippen molar-refractivity contribution < 1.29 is 14.8 Å². The van der Waals surface area contributed by atoms with Gasteiger partial charge in [0, 0.05) is 45.2 Å². The first-order valence-electron chi connectivity index (χ1n) is 13.5. The zero-order valence-corrected chi connectivity index (χ0v) is 23.1. The van der Waals surface area contributed by atoms with E-state index in [0.29, 0.717) is 24.0 Å². The minimum Gasteiger partial charge on any atom is -0.489 e. The van der Waals surface area contributed by atoms with Crippen LogP contribution in [0.15, 0.2) is 95.8 Å². The summed E-state index contributed by atoms with van der Waals surface area (Å²) in [6, 6.07) is 26.3. The van der Waals surface area contributed by atoms with E-state index in [1.54, 1.807) is 18.6 Å². The van der Waals surface area contributed by atoms with E-state index in [2.05, 4.69) is 41.1 Å². The van der Waals surface area contributed by atoms with E-state index in [0.717, 1.165) is 59.8 Å². The number of methoxy groups -OCH3 is 1. The van der Waals surface area contributed by atoms with Crippen LogP contribution in [0, 0.1) is 5.41 Å². The van der Waals surface area contributed by atoms with Crippen molar-refractivity contribution in [1.82, 2.24) is 4.90 Å². The van der Waals surface area contributed by atoms with Crippen LogP contribution in [-0.4, -0.2) is 63.5 Å². The van der Waals surface area contributed by atoms with Crippen LogP contribution in [0.25, 0.3) is 11.1 Å². The molecular weight excluding hydrogens is 500 g/mol. The Bertz CT molecular complexity index is 1400. The summed E-state index contributed by atoms with van der Waals surface area (Å²) in [7, 11) is 3.80. The topological polar surface area (TPSA) is 104 Å². The Hall–Kier alpha value is -4.24. The predicted octanol–water partition coefficient (Wildman–Crippen LogP) is 3.33. The highest BCUT2D eigenvalue weighted by Crippen LogP contribution is 2.27. The van der Waals surface area contributed by atoms with Crippen LogP contribution >= 0.6 is 0 Å². The van der Waals surface area contributed by atoms with Crippen LogP contribution in [0.2, 0.25) is 0 Å². The molecule has 206 valence electrons. The number of quaternary nitrogens is 1. The van der Waals surface area contributed by atoms with Gasteiger partial charge in [-0.25, -0.2) is 10.7 Å². The van der Waals surface area contributed by atoms with Gasteiger partial charge in [0.1, 0.15) is 12.4 Å². The number of rotatable bonds is 9. The van der Waals surface area contributed by atoms with Gasteiger partial charge in [-0.3, -0.25) is 0 Å². The summed E-state index contributed by atoms with van der Waals surface area (Å²) >= 11 is 0.